The van der Waals surface area contributed by atoms with Gasteiger partial charge < -0.3 is 30.0 Å². The zero-order chi connectivity index (χ0) is 23.9. The van der Waals surface area contributed by atoms with Gasteiger partial charge in [-0.3, -0.25) is 9.59 Å². The van der Waals surface area contributed by atoms with Crippen LogP contribution >= 0.6 is 0 Å². The van der Waals surface area contributed by atoms with Gasteiger partial charge in [0.05, 0.1) is 35.0 Å². The predicted molar refractivity (Wildman–Crippen MR) is 103 cm³/mol. The van der Waals surface area contributed by atoms with Gasteiger partial charge in [0.1, 0.15) is 11.6 Å². The maximum absolute atomic E-state index is 10.4. The van der Waals surface area contributed by atoms with Gasteiger partial charge in [-0.15, -0.1) is 0 Å². The summed E-state index contributed by atoms with van der Waals surface area (Å²) in [6.07, 6.45) is 0.634. The van der Waals surface area contributed by atoms with E-state index in [4.69, 9.17) is 10.2 Å². The van der Waals surface area contributed by atoms with E-state index in [0.29, 0.717) is 12.8 Å². The zero-order valence-electron chi connectivity index (χ0n) is 19.4. The Kier molecular flexibility index (Phi) is 25.4. The summed E-state index contributed by atoms with van der Waals surface area (Å²) < 4.78 is 0. The summed E-state index contributed by atoms with van der Waals surface area (Å²) in [7, 11) is 0. The molecule has 0 aliphatic heterocycles. The first-order valence-corrected chi connectivity index (χ1v) is 9.06. The molecule has 0 amide bonds. The largest absolute Gasteiger partial charge is 2.00 e. The van der Waals surface area contributed by atoms with Crippen molar-refractivity contribution < 1.29 is 65.8 Å². The third-order valence-electron chi connectivity index (χ3n) is 2.37. The SMILES string of the molecule is CC(C)(C)O.CC(C)(C)O.CCC(C(C)=O)C(=O)[O-].CCC(C(C)=O)C(=O)[O-].[Zr+2]. The van der Waals surface area contributed by atoms with Crippen LogP contribution in [0.3, 0.4) is 0 Å². The molecular weight excluding hydrogens is 459 g/mol. The number of rotatable bonds is 6. The molecule has 0 aromatic heterocycles. The molecule has 0 fully saturated rings. The van der Waals surface area contributed by atoms with Gasteiger partial charge in [-0.25, -0.2) is 0 Å². The van der Waals surface area contributed by atoms with E-state index in [1.54, 1.807) is 55.4 Å². The quantitative estimate of drug-likeness (QED) is 0.495. The van der Waals surface area contributed by atoms with Gasteiger partial charge in [0.25, 0.3) is 0 Å². The summed E-state index contributed by atoms with van der Waals surface area (Å²) in [5.74, 6) is -5.04. The van der Waals surface area contributed by atoms with Crippen LogP contribution < -0.4 is 10.2 Å². The molecule has 0 saturated carbocycles. The Balaban J connectivity index is -0.0000000907. The van der Waals surface area contributed by atoms with Crippen LogP contribution in [0.1, 0.15) is 82.1 Å². The topological polar surface area (TPSA) is 155 Å². The minimum absolute atomic E-state index is 0. The van der Waals surface area contributed by atoms with Gasteiger partial charge in [-0.1, -0.05) is 13.8 Å². The zero-order valence-corrected chi connectivity index (χ0v) is 21.9. The molecule has 29 heavy (non-hydrogen) atoms. The molecule has 2 unspecified atom stereocenters. The average Bonchev–Trinajstić information content (AvgIpc) is 2.34. The number of carboxylic acid groups (broad SMARTS) is 2. The summed E-state index contributed by atoms with van der Waals surface area (Å²) in [6.45, 7) is 16.2. The molecule has 0 aromatic rings. The second kappa shape index (κ2) is 19.1. The van der Waals surface area contributed by atoms with Gasteiger partial charge >= 0.3 is 26.2 Å². The second-order valence-corrected chi connectivity index (χ2v) is 8.12. The normalized spacial score (nSPS) is 12.0. The number of aliphatic hydroxyl groups is 2. The fourth-order valence-corrected chi connectivity index (χ4v) is 1.24. The number of carboxylic acids is 2. The Morgan fingerprint density at radius 3 is 0.828 bits per heavy atom. The Morgan fingerprint density at radius 1 is 0.690 bits per heavy atom. The maximum Gasteiger partial charge on any atom is 2.00 e. The molecule has 2 N–H and O–H groups in total. The molecule has 0 saturated heterocycles. The van der Waals surface area contributed by atoms with Crippen molar-refractivity contribution in [3.05, 3.63) is 0 Å². The molecule has 8 nitrogen and oxygen atoms in total. The van der Waals surface area contributed by atoms with Crippen LogP contribution in [-0.4, -0.2) is 44.9 Å². The number of hydrogen-bond acceptors (Lipinski definition) is 8. The summed E-state index contributed by atoms with van der Waals surface area (Å²) in [4.78, 5) is 40.9. The number of hydrogen-bond donors (Lipinski definition) is 2. The smallest absolute Gasteiger partial charge is 0.549 e. The van der Waals surface area contributed by atoms with E-state index >= 15 is 0 Å². The van der Waals surface area contributed by atoms with E-state index < -0.39 is 35.0 Å². The minimum Gasteiger partial charge on any atom is -0.549 e. The Morgan fingerprint density at radius 2 is 0.828 bits per heavy atom. The standard InChI is InChI=1S/2C6H10O3.2C4H10O.Zr/c2*1-3-5(4(2)7)6(8)9;2*1-4(2,3)5;/h2*5H,3H2,1-2H3,(H,8,9);2*5H,1-3H3;/q;;;;+2/p-2. The number of Topliss-reactive ketones (excluding diaryl/α,β-unsaturated/α-hetero) is 2. The van der Waals surface area contributed by atoms with Crippen molar-refractivity contribution in [1.82, 2.24) is 0 Å². The van der Waals surface area contributed by atoms with E-state index in [2.05, 4.69) is 0 Å². The first-order chi connectivity index (χ1) is 12.2. The van der Waals surface area contributed by atoms with E-state index in [1.165, 1.54) is 13.8 Å². The monoisotopic (exact) mass is 496 g/mol. The van der Waals surface area contributed by atoms with Crippen molar-refractivity contribution in [2.45, 2.75) is 93.3 Å². The van der Waals surface area contributed by atoms with Gasteiger partial charge in [-0.2, -0.15) is 0 Å². The number of ketones is 2. The average molecular weight is 498 g/mol. The Labute approximate surface area is 194 Å². The number of carbonyl (C=O) groups is 4. The van der Waals surface area contributed by atoms with Gasteiger partial charge in [0, 0.05) is 0 Å². The second-order valence-electron chi connectivity index (χ2n) is 8.12. The Hall–Kier alpha value is -0.917. The Bertz CT molecular complexity index is 392. The van der Waals surface area contributed by atoms with Crippen LogP contribution in [-0.2, 0) is 45.4 Å². The minimum atomic E-state index is -1.27. The molecule has 0 spiro atoms. The molecule has 0 aliphatic rings. The molecule has 170 valence electrons. The van der Waals surface area contributed by atoms with E-state index in [-0.39, 0.29) is 37.8 Å². The molecule has 0 radical (unpaired) electrons. The maximum atomic E-state index is 10.4. The fraction of sp³-hybridized carbons (Fsp3) is 0.800. The first-order valence-electron chi connectivity index (χ1n) is 9.06. The summed E-state index contributed by atoms with van der Waals surface area (Å²) >= 11 is 0. The van der Waals surface area contributed by atoms with Crippen molar-refractivity contribution in [3.63, 3.8) is 0 Å². The summed E-state index contributed by atoms with van der Waals surface area (Å²) in [5.41, 5.74) is -1.00. The van der Waals surface area contributed by atoms with Gasteiger partial charge in [-0.05, 0) is 68.2 Å². The van der Waals surface area contributed by atoms with Crippen molar-refractivity contribution in [3.8, 4) is 0 Å². The molecule has 0 heterocycles. The first kappa shape index (κ1) is 38.7. The molecule has 0 aromatic carbocycles. The molecular formula is C20H38O8Zr. The van der Waals surface area contributed by atoms with Crippen LogP contribution in [0, 0.1) is 11.8 Å². The van der Waals surface area contributed by atoms with Crippen molar-refractivity contribution >= 4 is 23.5 Å². The number of carbonyl (C=O) groups excluding carboxylic acids is 4. The fourth-order valence-electron chi connectivity index (χ4n) is 1.24. The van der Waals surface area contributed by atoms with Crippen LogP contribution in [0.15, 0.2) is 0 Å². The third-order valence-corrected chi connectivity index (χ3v) is 2.37. The third kappa shape index (κ3) is 46.8. The van der Waals surface area contributed by atoms with Crippen LogP contribution in [0.25, 0.3) is 0 Å². The van der Waals surface area contributed by atoms with Crippen LogP contribution in [0.2, 0.25) is 0 Å². The summed E-state index contributed by atoms with van der Waals surface area (Å²) in [5, 5.41) is 37.1. The molecule has 0 rings (SSSR count). The van der Waals surface area contributed by atoms with E-state index in [1.807, 2.05) is 0 Å². The van der Waals surface area contributed by atoms with Gasteiger partial charge in [0.2, 0.25) is 0 Å². The van der Waals surface area contributed by atoms with Crippen molar-refractivity contribution in [1.29, 1.82) is 0 Å². The number of aliphatic carboxylic acids is 2. The van der Waals surface area contributed by atoms with Gasteiger partial charge in [0.15, 0.2) is 0 Å². The molecule has 0 bridgehead atoms. The van der Waals surface area contributed by atoms with Crippen molar-refractivity contribution in [2.24, 2.45) is 11.8 Å². The van der Waals surface area contributed by atoms with Crippen molar-refractivity contribution in [2.75, 3.05) is 0 Å². The summed E-state index contributed by atoms with van der Waals surface area (Å²) in [6, 6.07) is 0. The predicted octanol–water partition coefficient (Wildman–Crippen LogP) is 0.255. The van der Waals surface area contributed by atoms with Crippen LogP contribution in [0.4, 0.5) is 0 Å². The van der Waals surface area contributed by atoms with E-state index in [9.17, 15) is 29.4 Å². The molecule has 9 heteroatoms. The van der Waals surface area contributed by atoms with E-state index in [0.717, 1.165) is 0 Å². The molecule has 2 atom stereocenters. The van der Waals surface area contributed by atoms with Crippen LogP contribution in [0.5, 0.6) is 0 Å². The molecule has 0 aliphatic carbocycles.